The van der Waals surface area contributed by atoms with E-state index in [1.807, 2.05) is 0 Å². The van der Waals surface area contributed by atoms with Crippen LogP contribution in [0.4, 0.5) is 0 Å². The number of rotatable bonds is 20. The second-order valence-corrected chi connectivity index (χ2v) is 8.78. The van der Waals surface area contributed by atoms with Gasteiger partial charge in [-0.25, -0.2) is 0 Å². The molecule has 0 saturated heterocycles. The van der Waals surface area contributed by atoms with Crippen LogP contribution in [0.15, 0.2) is 24.3 Å². The van der Waals surface area contributed by atoms with Crippen LogP contribution in [0.5, 0.6) is 0 Å². The first-order valence-corrected chi connectivity index (χ1v) is 11.7. The van der Waals surface area contributed by atoms with Crippen LogP contribution in [-0.4, -0.2) is 41.8 Å². The van der Waals surface area contributed by atoms with Gasteiger partial charge in [0.05, 0.1) is 6.54 Å². The van der Waals surface area contributed by atoms with Gasteiger partial charge in [0.25, 0.3) is 5.91 Å². The smallest absolute Gasteiger partial charge is 0.278 e. The molecular weight excluding hydrogens is 424 g/mol. The van der Waals surface area contributed by atoms with E-state index in [0.717, 1.165) is 19.3 Å². The molecule has 0 aliphatic carbocycles. The lowest BCUT2D eigenvalue weighted by Gasteiger charge is -2.17. The number of carboxylic acid groups (broad SMARTS) is 1. The Morgan fingerprint density at radius 2 is 1.30 bits per heavy atom. The Labute approximate surface area is 197 Å². The maximum atomic E-state index is 12.1. The molecule has 186 valence electrons. The zero-order valence-electron chi connectivity index (χ0n) is 20.2. The van der Waals surface area contributed by atoms with Crippen molar-refractivity contribution in [3.63, 3.8) is 0 Å². The molecule has 0 bridgehead atoms. The number of unbranched alkanes of at least 4 members (excludes halogenated alkanes) is 4. The number of nitrogens with one attached hydrogen (secondary N) is 1. The van der Waals surface area contributed by atoms with Gasteiger partial charge in [-0.05, 0) is 50.7 Å². The van der Waals surface area contributed by atoms with Crippen LogP contribution in [0.2, 0.25) is 0 Å². The fraction of sp³-hybridized carbons (Fsp3) is 0.640. The summed E-state index contributed by atoms with van der Waals surface area (Å²) in [5, 5.41) is 13.9. The maximum Gasteiger partial charge on any atom is 0.278 e. The largest absolute Gasteiger partial charge is 0.550 e. The summed E-state index contributed by atoms with van der Waals surface area (Å²) >= 11 is 0. The average Bonchev–Trinajstić information content (AvgIpc) is 2.75. The molecule has 0 rings (SSSR count). The summed E-state index contributed by atoms with van der Waals surface area (Å²) in [7, 11) is 0. The van der Waals surface area contributed by atoms with E-state index in [1.165, 1.54) is 0 Å². The Hall–Kier alpha value is -2.61. The van der Waals surface area contributed by atoms with Gasteiger partial charge in [0.2, 0.25) is 0 Å². The minimum Gasteiger partial charge on any atom is -0.550 e. The molecule has 0 aliphatic rings. The fourth-order valence-corrected chi connectivity index (χ4v) is 3.24. The van der Waals surface area contributed by atoms with Gasteiger partial charge < -0.3 is 21.0 Å². The number of carbonyl (C=O) groups is 5. The van der Waals surface area contributed by atoms with Gasteiger partial charge >= 0.3 is 0 Å². The highest BCUT2D eigenvalue weighted by Crippen LogP contribution is 2.15. The molecule has 4 N–H and O–H groups in total. The Kier molecular flexibility index (Phi) is 15.6. The maximum absolute atomic E-state index is 12.1. The first-order valence-electron chi connectivity index (χ1n) is 11.7. The predicted octanol–water partition coefficient (Wildman–Crippen LogP) is 1.23. The number of hydrogen-bond acceptors (Lipinski definition) is 6. The summed E-state index contributed by atoms with van der Waals surface area (Å²) in [6.45, 7) is 10.3. The Morgan fingerprint density at radius 1 is 0.818 bits per heavy atom. The summed E-state index contributed by atoms with van der Waals surface area (Å²) < 4.78 is 0. The number of aliphatic carboxylic acids is 1. The number of amides is 1. The van der Waals surface area contributed by atoms with Crippen LogP contribution >= 0.6 is 0 Å². The molecule has 33 heavy (non-hydrogen) atoms. The SMILES string of the molecule is C=C(C)C(=O)CCCCC[C@H](CC(=O)CNC(=O)[C@@H]([NH3+])CCCCCC(=O)C(=C)C)C(=O)[O-]. The lowest BCUT2D eigenvalue weighted by Crippen LogP contribution is -2.67. The highest BCUT2D eigenvalue weighted by molar-refractivity contribution is 5.94. The first-order chi connectivity index (χ1) is 15.5. The van der Waals surface area contributed by atoms with Crippen molar-refractivity contribution in [3.05, 3.63) is 24.3 Å². The molecule has 0 saturated carbocycles. The Balaban J connectivity index is 4.14. The van der Waals surface area contributed by atoms with E-state index in [4.69, 9.17) is 0 Å². The summed E-state index contributed by atoms with van der Waals surface area (Å²) in [5.41, 5.74) is 4.86. The van der Waals surface area contributed by atoms with Gasteiger partial charge in [-0.2, -0.15) is 0 Å². The second kappa shape index (κ2) is 16.9. The van der Waals surface area contributed by atoms with E-state index in [9.17, 15) is 29.1 Å². The van der Waals surface area contributed by atoms with Gasteiger partial charge in [-0.15, -0.1) is 0 Å². The zero-order valence-corrected chi connectivity index (χ0v) is 20.2. The minimum atomic E-state index is -1.28. The molecule has 8 heteroatoms. The van der Waals surface area contributed by atoms with Crippen molar-refractivity contribution in [3.8, 4) is 0 Å². The van der Waals surface area contributed by atoms with E-state index < -0.39 is 17.9 Å². The van der Waals surface area contributed by atoms with Crippen molar-refractivity contribution in [1.82, 2.24) is 5.32 Å². The molecule has 0 aliphatic heterocycles. The summed E-state index contributed by atoms with van der Waals surface area (Å²) in [5.74, 6) is -2.88. The number of carbonyl (C=O) groups excluding carboxylic acids is 5. The second-order valence-electron chi connectivity index (χ2n) is 8.78. The van der Waals surface area contributed by atoms with E-state index >= 15 is 0 Å². The molecule has 0 fully saturated rings. The standard InChI is InChI=1S/C25H40N2O6/c1-17(2)22(29)13-9-5-7-11-19(25(32)33)15-20(28)16-27-24(31)21(26)12-8-6-10-14-23(30)18(3)4/h19,21H,1,3,5-16,26H2,2,4H3,(H,27,31)(H,32,33)/t19-,21+/m1/s1. The van der Waals surface area contributed by atoms with Gasteiger partial charge in [0.15, 0.2) is 23.4 Å². The summed E-state index contributed by atoms with van der Waals surface area (Å²) in [6, 6.07) is -0.520. The quantitative estimate of drug-likeness (QED) is 0.204. The average molecular weight is 465 g/mol. The van der Waals surface area contributed by atoms with Crippen LogP contribution in [0.25, 0.3) is 0 Å². The van der Waals surface area contributed by atoms with Gasteiger partial charge in [0.1, 0.15) is 0 Å². The van der Waals surface area contributed by atoms with Crippen molar-refractivity contribution < 1.29 is 34.8 Å². The molecule has 8 nitrogen and oxygen atoms in total. The van der Waals surface area contributed by atoms with Crippen molar-refractivity contribution in [1.29, 1.82) is 0 Å². The normalized spacial score (nSPS) is 12.5. The van der Waals surface area contributed by atoms with E-state index in [0.29, 0.717) is 49.7 Å². The number of quaternary nitrogens is 1. The van der Waals surface area contributed by atoms with E-state index in [2.05, 4.69) is 24.2 Å². The van der Waals surface area contributed by atoms with Crippen LogP contribution in [0.3, 0.4) is 0 Å². The highest BCUT2D eigenvalue weighted by Gasteiger charge is 2.20. The van der Waals surface area contributed by atoms with Crippen molar-refractivity contribution in [2.75, 3.05) is 6.54 Å². The topological polar surface area (TPSA) is 148 Å². The van der Waals surface area contributed by atoms with E-state index in [1.54, 1.807) is 13.8 Å². The third-order valence-electron chi connectivity index (χ3n) is 5.50. The van der Waals surface area contributed by atoms with Crippen LogP contribution in [-0.2, 0) is 24.0 Å². The van der Waals surface area contributed by atoms with Crippen molar-refractivity contribution >= 4 is 29.2 Å². The molecule has 1 amide bonds. The third-order valence-corrected chi connectivity index (χ3v) is 5.50. The molecule has 2 atom stereocenters. The van der Waals surface area contributed by atoms with Crippen LogP contribution in [0, 0.1) is 5.92 Å². The highest BCUT2D eigenvalue weighted by atomic mass is 16.4. The van der Waals surface area contributed by atoms with E-state index in [-0.39, 0.29) is 42.6 Å². The number of hydrogen-bond donors (Lipinski definition) is 2. The van der Waals surface area contributed by atoms with Crippen molar-refractivity contribution in [2.24, 2.45) is 5.92 Å². The molecule has 0 heterocycles. The first kappa shape index (κ1) is 30.4. The zero-order chi connectivity index (χ0) is 25.4. The van der Waals surface area contributed by atoms with Crippen LogP contribution < -0.4 is 16.2 Å². The molecule has 0 aromatic rings. The van der Waals surface area contributed by atoms with Gasteiger partial charge in [-0.3, -0.25) is 19.2 Å². The molecule has 0 spiro atoms. The van der Waals surface area contributed by atoms with Crippen LogP contribution in [0.1, 0.15) is 84.5 Å². The van der Waals surface area contributed by atoms with Gasteiger partial charge in [-0.1, -0.05) is 32.4 Å². The third kappa shape index (κ3) is 15.0. The molecule has 0 unspecified atom stereocenters. The molecule has 0 aromatic carbocycles. The fourth-order valence-electron chi connectivity index (χ4n) is 3.24. The van der Waals surface area contributed by atoms with Crippen molar-refractivity contribution in [2.45, 2.75) is 90.5 Å². The molecule has 0 aromatic heterocycles. The predicted molar refractivity (Wildman–Crippen MR) is 124 cm³/mol. The van der Waals surface area contributed by atoms with Gasteiger partial charge in [0, 0.05) is 37.6 Å². The number of allylic oxidation sites excluding steroid dienone is 2. The number of ketones is 3. The Morgan fingerprint density at radius 3 is 1.76 bits per heavy atom. The number of carboxylic acids is 1. The minimum absolute atomic E-state index is 0.000956. The Bertz CT molecular complexity index is 728. The molecule has 0 radical (unpaired) electrons. The monoisotopic (exact) mass is 464 g/mol. The molecular formula is C25H40N2O6. The summed E-state index contributed by atoms with van der Waals surface area (Å²) in [4.78, 5) is 58.6. The number of Topliss-reactive ketones (excluding diaryl/α,β-unsaturated/α-hetero) is 3. The summed E-state index contributed by atoms with van der Waals surface area (Å²) in [6.07, 6.45) is 5.61. The lowest BCUT2D eigenvalue weighted by molar-refractivity contribution is -0.405. The lowest BCUT2D eigenvalue weighted by atomic mass is 9.95.